The number of carbonyl (C=O) groups is 2. The minimum absolute atomic E-state index is 0.0336. The van der Waals surface area contributed by atoms with Crippen LogP contribution in [0.3, 0.4) is 0 Å². The molecule has 0 aromatic carbocycles. The second kappa shape index (κ2) is 10.9. The van der Waals surface area contributed by atoms with Crippen molar-refractivity contribution in [1.82, 2.24) is 0 Å². The summed E-state index contributed by atoms with van der Waals surface area (Å²) in [6.45, 7) is 13.5. The van der Waals surface area contributed by atoms with Gasteiger partial charge < -0.3 is 44.5 Å². The van der Waals surface area contributed by atoms with E-state index < -0.39 is 64.8 Å². The van der Waals surface area contributed by atoms with Gasteiger partial charge >= 0.3 is 5.97 Å². The number of aliphatic hydroxyl groups excluding tert-OH is 4. The first-order chi connectivity index (χ1) is 22.2. The van der Waals surface area contributed by atoms with Crippen LogP contribution in [0, 0.1) is 44.8 Å². The van der Waals surface area contributed by atoms with Gasteiger partial charge in [0.25, 0.3) is 0 Å². The molecule has 0 aromatic rings. The number of hydrogen-bond acceptors (Lipinski definition) is 11. The Morgan fingerprint density at radius 1 is 0.896 bits per heavy atom. The Morgan fingerprint density at radius 3 is 2.21 bits per heavy atom. The van der Waals surface area contributed by atoms with Crippen molar-refractivity contribution in [3.63, 3.8) is 0 Å². The summed E-state index contributed by atoms with van der Waals surface area (Å²) >= 11 is 0. The molecule has 0 amide bonds. The SMILES string of the molecule is CC(=O)O[C@H]1[C@H](O)[C@@]2(C)[C@@H]3CC[C@H]4C(C)(C)[C@@H](O[C@@H]5OC[C@@H](O)[C@H](O)[C@H]5O)CC[C@@]45C[C@@]35CC[C@@]23CO[C@@](C)(CCC(=O)C(C)(C)O)[C@@H]13. The highest BCUT2D eigenvalue weighted by Gasteiger charge is 2.87. The Bertz CT molecular complexity index is 1330. The molecular weight excluding hydrogens is 620 g/mol. The van der Waals surface area contributed by atoms with Gasteiger partial charge in [-0.05, 0) is 100 Å². The lowest BCUT2D eigenvalue weighted by molar-refractivity contribution is -0.303. The predicted molar refractivity (Wildman–Crippen MR) is 171 cm³/mol. The first-order valence-electron chi connectivity index (χ1n) is 18.3. The van der Waals surface area contributed by atoms with Crippen molar-refractivity contribution in [2.45, 2.75) is 160 Å². The number of ether oxygens (including phenoxy) is 4. The first-order valence-corrected chi connectivity index (χ1v) is 18.3. The zero-order valence-electron chi connectivity index (χ0n) is 29.7. The van der Waals surface area contributed by atoms with Crippen LogP contribution in [-0.2, 0) is 28.5 Å². The van der Waals surface area contributed by atoms with Gasteiger partial charge in [0.15, 0.2) is 12.1 Å². The van der Waals surface area contributed by atoms with E-state index >= 15 is 0 Å². The van der Waals surface area contributed by atoms with Crippen LogP contribution in [-0.4, -0.2) is 105 Å². The van der Waals surface area contributed by atoms with E-state index in [0.717, 1.165) is 44.9 Å². The van der Waals surface area contributed by atoms with E-state index in [1.165, 1.54) is 20.8 Å². The fourth-order valence-corrected chi connectivity index (χ4v) is 13.4. The van der Waals surface area contributed by atoms with Crippen molar-refractivity contribution >= 4 is 11.8 Å². The third-order valence-electron chi connectivity index (χ3n) is 15.7. The summed E-state index contributed by atoms with van der Waals surface area (Å²) in [5.41, 5.74) is -3.39. The smallest absolute Gasteiger partial charge is 0.303 e. The molecule has 0 aromatic heterocycles. The second-order valence-corrected chi connectivity index (χ2v) is 18.4. The van der Waals surface area contributed by atoms with Gasteiger partial charge in [-0.15, -0.1) is 0 Å². The van der Waals surface area contributed by atoms with Crippen LogP contribution in [0.25, 0.3) is 0 Å². The number of hydrogen-bond donors (Lipinski definition) is 5. The van der Waals surface area contributed by atoms with Gasteiger partial charge in [-0.25, -0.2) is 0 Å². The maximum absolute atomic E-state index is 12.8. The van der Waals surface area contributed by atoms with Gasteiger partial charge in [0.05, 0.1) is 31.0 Å². The molecule has 11 nitrogen and oxygen atoms in total. The highest BCUT2D eigenvalue weighted by Crippen LogP contribution is 2.90. The molecule has 7 aliphatic rings. The summed E-state index contributed by atoms with van der Waals surface area (Å²) in [4.78, 5) is 25.4. The average molecular weight is 679 g/mol. The van der Waals surface area contributed by atoms with Gasteiger partial charge in [-0.2, -0.15) is 0 Å². The normalized spacial score (nSPS) is 53.5. The zero-order chi connectivity index (χ0) is 35.0. The fourth-order valence-electron chi connectivity index (χ4n) is 13.4. The number of carbonyl (C=O) groups excluding carboxylic acids is 2. The molecule has 2 heterocycles. The van der Waals surface area contributed by atoms with Crippen LogP contribution in [0.4, 0.5) is 0 Å². The van der Waals surface area contributed by atoms with E-state index in [-0.39, 0.29) is 53.0 Å². The summed E-state index contributed by atoms with van der Waals surface area (Å²) in [5, 5.41) is 53.6. The highest BCUT2D eigenvalue weighted by molar-refractivity contribution is 5.86. The first kappa shape index (κ1) is 35.2. The van der Waals surface area contributed by atoms with E-state index in [1.807, 2.05) is 6.92 Å². The van der Waals surface area contributed by atoms with Crippen LogP contribution < -0.4 is 0 Å². The van der Waals surface area contributed by atoms with Crippen LogP contribution in [0.1, 0.15) is 106 Å². The number of Topliss-reactive ketones (excluding diaryl/α,β-unsaturated/α-hetero) is 1. The standard InChI is InChI=1S/C37H58O11/c1-19(38)47-27-28-33(6,12-10-23(40)32(4,5)44)46-18-37(28)15-14-36-17-35(36)13-11-24(48-30-26(42)25(41)20(39)16-45-30)31(2,3)21(35)8-9-22(36)34(37,7)29(27)43/h20-22,24-30,39,41-44H,8-18H2,1-7H3/t20-,21+,22+,24+,25+,26-,27-,28-,29+,30+,33+,34-,35-,36+,37+/m1/s1. The molecule has 272 valence electrons. The molecule has 0 bridgehead atoms. The lowest BCUT2D eigenvalue weighted by atomic mass is 9.41. The van der Waals surface area contributed by atoms with Crippen LogP contribution >= 0.6 is 0 Å². The second-order valence-electron chi connectivity index (χ2n) is 18.4. The van der Waals surface area contributed by atoms with Crippen LogP contribution in [0.2, 0.25) is 0 Å². The molecular formula is C37H58O11. The number of rotatable bonds is 7. The van der Waals surface area contributed by atoms with Crippen LogP contribution in [0.5, 0.6) is 0 Å². The number of esters is 1. The lowest BCUT2D eigenvalue weighted by Gasteiger charge is -2.63. The number of ketones is 1. The van der Waals surface area contributed by atoms with Crippen molar-refractivity contribution < 1.29 is 54.1 Å². The van der Waals surface area contributed by atoms with E-state index in [0.29, 0.717) is 18.9 Å². The van der Waals surface area contributed by atoms with Crippen molar-refractivity contribution in [2.24, 2.45) is 44.8 Å². The zero-order valence-corrected chi connectivity index (χ0v) is 29.7. The number of aliphatic hydroxyl groups is 5. The minimum Gasteiger partial charge on any atom is -0.459 e. The maximum atomic E-state index is 12.8. The molecule has 11 heteroatoms. The minimum atomic E-state index is -1.45. The molecule has 7 rings (SSSR count). The molecule has 5 aliphatic carbocycles. The lowest BCUT2D eigenvalue weighted by Crippen LogP contribution is -2.61. The monoisotopic (exact) mass is 678 g/mol. The summed E-state index contributed by atoms with van der Waals surface area (Å²) in [6.07, 6.45) is 0.403. The third-order valence-corrected chi connectivity index (χ3v) is 15.7. The van der Waals surface area contributed by atoms with Gasteiger partial charge in [-0.1, -0.05) is 20.8 Å². The summed E-state index contributed by atoms with van der Waals surface area (Å²) < 4.78 is 24.8. The molecule has 48 heavy (non-hydrogen) atoms. The summed E-state index contributed by atoms with van der Waals surface area (Å²) in [5.74, 6) is -0.436. The molecule has 2 aliphatic heterocycles. The topological polar surface area (TPSA) is 172 Å². The van der Waals surface area contributed by atoms with Gasteiger partial charge in [0.1, 0.15) is 30.0 Å². The fraction of sp³-hybridized carbons (Fsp3) is 0.946. The van der Waals surface area contributed by atoms with Gasteiger partial charge in [0.2, 0.25) is 0 Å². The molecule has 3 spiro atoms. The Morgan fingerprint density at radius 2 is 1.54 bits per heavy atom. The molecule has 5 saturated carbocycles. The van der Waals surface area contributed by atoms with Gasteiger partial charge in [0, 0.05) is 30.1 Å². The Balaban J connectivity index is 1.17. The van der Waals surface area contributed by atoms with Crippen molar-refractivity contribution in [2.75, 3.05) is 13.2 Å². The molecule has 2 saturated heterocycles. The quantitative estimate of drug-likeness (QED) is 0.198. The van der Waals surface area contributed by atoms with Crippen LogP contribution in [0.15, 0.2) is 0 Å². The Labute approximate surface area is 284 Å². The largest absolute Gasteiger partial charge is 0.459 e. The number of fused-ring (bicyclic) bond motifs is 1. The summed E-state index contributed by atoms with van der Waals surface area (Å²) in [6, 6.07) is 0. The average Bonchev–Trinajstić information content (AvgIpc) is 3.51. The predicted octanol–water partition coefficient (Wildman–Crippen LogP) is 2.65. The Kier molecular flexibility index (Phi) is 8.01. The molecule has 7 fully saturated rings. The molecule has 5 N–H and O–H groups in total. The molecule has 0 radical (unpaired) electrons. The Hall–Kier alpha value is -1.18. The van der Waals surface area contributed by atoms with Crippen molar-refractivity contribution in [1.29, 1.82) is 0 Å². The van der Waals surface area contributed by atoms with E-state index in [2.05, 4.69) is 20.8 Å². The maximum Gasteiger partial charge on any atom is 0.303 e. The van der Waals surface area contributed by atoms with E-state index in [9.17, 15) is 35.1 Å². The van der Waals surface area contributed by atoms with Crippen molar-refractivity contribution in [3.05, 3.63) is 0 Å². The molecule has 0 unspecified atom stereocenters. The highest BCUT2D eigenvalue weighted by atomic mass is 16.7. The van der Waals surface area contributed by atoms with Crippen molar-refractivity contribution in [3.8, 4) is 0 Å². The van der Waals surface area contributed by atoms with E-state index in [4.69, 9.17) is 18.9 Å². The van der Waals surface area contributed by atoms with Gasteiger partial charge in [-0.3, -0.25) is 9.59 Å². The summed E-state index contributed by atoms with van der Waals surface area (Å²) in [7, 11) is 0. The van der Waals surface area contributed by atoms with E-state index in [1.54, 1.807) is 0 Å². The molecule has 15 atom stereocenters. The third kappa shape index (κ3) is 4.47.